The van der Waals surface area contributed by atoms with Crippen LogP contribution in [-0.4, -0.2) is 43.1 Å². The molecule has 2 aromatic rings. The normalized spacial score (nSPS) is 11.9. The van der Waals surface area contributed by atoms with Crippen LogP contribution in [0.15, 0.2) is 53.4 Å². The van der Waals surface area contributed by atoms with Crippen molar-refractivity contribution >= 4 is 35.0 Å². The highest BCUT2D eigenvalue weighted by Gasteiger charge is 2.12. The third-order valence-electron chi connectivity index (χ3n) is 4.58. The molecule has 1 atom stereocenters. The number of nitrogens with one attached hydrogen (secondary N) is 2. The molecule has 0 aliphatic rings. The molecule has 0 saturated carbocycles. The highest BCUT2D eigenvalue weighted by molar-refractivity contribution is 7.98. The number of likely N-dealkylation sites (N-methyl/N-ethyl adjacent to an activating group) is 1. The van der Waals surface area contributed by atoms with Crippen LogP contribution in [0.25, 0.3) is 0 Å². The molecule has 0 spiro atoms. The first kappa shape index (κ1) is 22.0. The third kappa shape index (κ3) is 6.69. The fourth-order valence-electron chi connectivity index (χ4n) is 2.82. The summed E-state index contributed by atoms with van der Waals surface area (Å²) in [5.41, 5.74) is 2.82. The summed E-state index contributed by atoms with van der Waals surface area (Å²) in [6, 6.07) is 15.6. The average molecular weight is 400 g/mol. The topological polar surface area (TPSA) is 61.4 Å². The summed E-state index contributed by atoms with van der Waals surface area (Å²) in [5.74, 6) is 0.219. The maximum Gasteiger partial charge on any atom is 0.238 e. The van der Waals surface area contributed by atoms with Gasteiger partial charge in [-0.2, -0.15) is 0 Å². The maximum absolute atomic E-state index is 12.3. The molecule has 2 rings (SSSR count). The van der Waals surface area contributed by atoms with Crippen LogP contribution >= 0.6 is 11.8 Å². The number of amides is 2. The van der Waals surface area contributed by atoms with Crippen LogP contribution in [0.2, 0.25) is 0 Å². The first-order valence-electron chi connectivity index (χ1n) is 9.44. The SMILES string of the molecule is CC[C@@H](C)c1ccc(NC(=O)CN(C)CC(=O)Nc2ccccc2SC)cc1. The monoisotopic (exact) mass is 399 g/mol. The first-order chi connectivity index (χ1) is 13.4. The van der Waals surface area contributed by atoms with Gasteiger partial charge in [0.1, 0.15) is 0 Å². The highest BCUT2D eigenvalue weighted by Crippen LogP contribution is 2.24. The van der Waals surface area contributed by atoms with E-state index in [-0.39, 0.29) is 24.9 Å². The van der Waals surface area contributed by atoms with Gasteiger partial charge >= 0.3 is 0 Å². The van der Waals surface area contributed by atoms with E-state index in [9.17, 15) is 9.59 Å². The van der Waals surface area contributed by atoms with E-state index in [2.05, 4.69) is 24.5 Å². The summed E-state index contributed by atoms with van der Waals surface area (Å²) in [7, 11) is 1.76. The number of hydrogen-bond acceptors (Lipinski definition) is 4. The van der Waals surface area contributed by atoms with Crippen molar-refractivity contribution in [1.82, 2.24) is 4.90 Å². The van der Waals surface area contributed by atoms with E-state index in [0.29, 0.717) is 5.92 Å². The molecule has 0 bridgehead atoms. The second-order valence-electron chi connectivity index (χ2n) is 6.90. The van der Waals surface area contributed by atoms with Crippen molar-refractivity contribution in [2.75, 3.05) is 37.0 Å². The minimum absolute atomic E-state index is 0.142. The molecule has 150 valence electrons. The zero-order valence-electron chi connectivity index (χ0n) is 17.0. The minimum atomic E-state index is -0.144. The largest absolute Gasteiger partial charge is 0.325 e. The van der Waals surface area contributed by atoms with E-state index in [1.165, 1.54) is 5.56 Å². The van der Waals surface area contributed by atoms with E-state index in [1.807, 2.05) is 54.8 Å². The van der Waals surface area contributed by atoms with Crippen LogP contribution in [-0.2, 0) is 9.59 Å². The van der Waals surface area contributed by atoms with Gasteiger partial charge in [0.2, 0.25) is 11.8 Å². The highest BCUT2D eigenvalue weighted by atomic mass is 32.2. The van der Waals surface area contributed by atoms with Crippen LogP contribution in [0.4, 0.5) is 11.4 Å². The number of anilines is 2. The Morgan fingerprint density at radius 2 is 1.61 bits per heavy atom. The molecule has 0 radical (unpaired) electrons. The van der Waals surface area contributed by atoms with E-state index in [0.717, 1.165) is 22.7 Å². The molecule has 2 aromatic carbocycles. The number of rotatable bonds is 9. The standard InChI is InChI=1S/C22H29N3O2S/c1-5-16(2)17-10-12-18(13-11-17)23-21(26)14-25(3)15-22(27)24-19-8-6-7-9-20(19)28-4/h6-13,16H,5,14-15H2,1-4H3,(H,23,26)(H,24,27)/t16-/m1/s1. The van der Waals surface area contributed by atoms with Crippen LogP contribution in [0.1, 0.15) is 31.7 Å². The lowest BCUT2D eigenvalue weighted by Gasteiger charge is -2.17. The predicted octanol–water partition coefficient (Wildman–Crippen LogP) is 4.43. The quantitative estimate of drug-likeness (QED) is 0.612. The lowest BCUT2D eigenvalue weighted by Crippen LogP contribution is -2.36. The number of para-hydroxylation sites is 1. The van der Waals surface area contributed by atoms with Crippen molar-refractivity contribution < 1.29 is 9.59 Å². The lowest BCUT2D eigenvalue weighted by atomic mass is 9.99. The van der Waals surface area contributed by atoms with E-state index >= 15 is 0 Å². The van der Waals surface area contributed by atoms with Gasteiger partial charge in [-0.3, -0.25) is 14.5 Å². The van der Waals surface area contributed by atoms with Gasteiger partial charge in [-0.05, 0) is 55.5 Å². The molecule has 2 N–H and O–H groups in total. The second-order valence-corrected chi connectivity index (χ2v) is 7.75. The fraction of sp³-hybridized carbons (Fsp3) is 0.364. The van der Waals surface area contributed by atoms with Crippen molar-refractivity contribution in [2.45, 2.75) is 31.1 Å². The second kappa shape index (κ2) is 10.9. The minimum Gasteiger partial charge on any atom is -0.325 e. The number of carbonyl (C=O) groups is 2. The number of thioether (sulfide) groups is 1. The van der Waals surface area contributed by atoms with Gasteiger partial charge in [0, 0.05) is 10.6 Å². The summed E-state index contributed by atoms with van der Waals surface area (Å²) in [6.07, 6.45) is 3.05. The smallest absolute Gasteiger partial charge is 0.238 e. The Bertz CT molecular complexity index is 793. The molecule has 0 aliphatic heterocycles. The predicted molar refractivity (Wildman–Crippen MR) is 118 cm³/mol. The summed E-state index contributed by atoms with van der Waals surface area (Å²) in [6.45, 7) is 4.63. The van der Waals surface area contributed by atoms with Crippen LogP contribution in [0, 0.1) is 0 Å². The number of hydrogen-bond donors (Lipinski definition) is 2. The van der Waals surface area contributed by atoms with Crippen molar-refractivity contribution in [1.29, 1.82) is 0 Å². The van der Waals surface area contributed by atoms with Gasteiger partial charge in [0.25, 0.3) is 0 Å². The Morgan fingerprint density at radius 1 is 1.00 bits per heavy atom. The van der Waals surface area contributed by atoms with Crippen molar-refractivity contribution in [3.05, 3.63) is 54.1 Å². The maximum atomic E-state index is 12.3. The van der Waals surface area contributed by atoms with Gasteiger partial charge in [-0.15, -0.1) is 11.8 Å². The van der Waals surface area contributed by atoms with E-state index in [1.54, 1.807) is 23.7 Å². The lowest BCUT2D eigenvalue weighted by molar-refractivity contribution is -0.119. The van der Waals surface area contributed by atoms with Crippen molar-refractivity contribution in [3.63, 3.8) is 0 Å². The summed E-state index contributed by atoms with van der Waals surface area (Å²) >= 11 is 1.58. The molecule has 0 aliphatic carbocycles. The average Bonchev–Trinajstić information content (AvgIpc) is 2.68. The molecule has 2 amide bonds. The molecule has 0 unspecified atom stereocenters. The molecule has 6 heteroatoms. The first-order valence-corrected chi connectivity index (χ1v) is 10.7. The zero-order valence-corrected chi connectivity index (χ0v) is 17.8. The Labute approximate surface area is 171 Å². The molecule has 28 heavy (non-hydrogen) atoms. The molecule has 0 aromatic heterocycles. The Balaban J connectivity index is 1.82. The molecule has 5 nitrogen and oxygen atoms in total. The van der Waals surface area contributed by atoms with Crippen LogP contribution in [0.5, 0.6) is 0 Å². The van der Waals surface area contributed by atoms with Gasteiger partial charge in [0.15, 0.2) is 0 Å². The zero-order chi connectivity index (χ0) is 20.5. The van der Waals surface area contributed by atoms with Crippen LogP contribution < -0.4 is 10.6 Å². The van der Waals surface area contributed by atoms with E-state index < -0.39 is 0 Å². The van der Waals surface area contributed by atoms with Gasteiger partial charge in [0.05, 0.1) is 18.8 Å². The van der Waals surface area contributed by atoms with Crippen molar-refractivity contribution in [2.24, 2.45) is 0 Å². The number of benzene rings is 2. The van der Waals surface area contributed by atoms with Gasteiger partial charge in [-0.25, -0.2) is 0 Å². The molecular formula is C22H29N3O2S. The van der Waals surface area contributed by atoms with Crippen LogP contribution in [0.3, 0.4) is 0 Å². The molecule has 0 saturated heterocycles. The fourth-order valence-corrected chi connectivity index (χ4v) is 3.37. The Morgan fingerprint density at radius 3 is 2.21 bits per heavy atom. The third-order valence-corrected chi connectivity index (χ3v) is 5.38. The summed E-state index contributed by atoms with van der Waals surface area (Å²) in [4.78, 5) is 27.2. The molecule has 0 fully saturated rings. The summed E-state index contributed by atoms with van der Waals surface area (Å²) < 4.78 is 0. The Kier molecular flexibility index (Phi) is 8.54. The Hall–Kier alpha value is -2.31. The van der Waals surface area contributed by atoms with Gasteiger partial charge in [-0.1, -0.05) is 38.1 Å². The summed E-state index contributed by atoms with van der Waals surface area (Å²) in [5, 5.41) is 5.79. The number of carbonyl (C=O) groups excluding carboxylic acids is 2. The molecular weight excluding hydrogens is 370 g/mol. The molecule has 0 heterocycles. The van der Waals surface area contributed by atoms with Gasteiger partial charge < -0.3 is 10.6 Å². The van der Waals surface area contributed by atoms with Crippen molar-refractivity contribution in [3.8, 4) is 0 Å². The van der Waals surface area contributed by atoms with E-state index in [4.69, 9.17) is 0 Å². The number of nitrogens with zero attached hydrogens (tertiary/aromatic N) is 1.